The molecule has 76 valence electrons. The van der Waals surface area contributed by atoms with Gasteiger partial charge in [0.1, 0.15) is 0 Å². The van der Waals surface area contributed by atoms with E-state index in [4.69, 9.17) is 21.1 Å². The van der Waals surface area contributed by atoms with Crippen molar-refractivity contribution in [1.29, 1.82) is 0 Å². The van der Waals surface area contributed by atoms with E-state index in [1.165, 1.54) is 0 Å². The molecule has 0 aromatic heterocycles. The van der Waals surface area contributed by atoms with Gasteiger partial charge in [0, 0.05) is 11.5 Å². The normalized spacial score (nSPS) is 32.4. The SMILES string of the molecule is CC1OC(/C=C/C2=C(Cl)CC=CC2)O1. The van der Waals surface area contributed by atoms with Crippen LogP contribution in [0.5, 0.6) is 0 Å². The minimum atomic E-state index is -0.187. The van der Waals surface area contributed by atoms with Gasteiger partial charge < -0.3 is 9.47 Å². The first-order valence-corrected chi connectivity index (χ1v) is 5.15. The van der Waals surface area contributed by atoms with E-state index in [1.807, 2.05) is 19.1 Å². The minimum absolute atomic E-state index is 0.0691. The Balaban J connectivity index is 1.90. The molecule has 3 heteroatoms. The molecule has 2 nitrogen and oxygen atoms in total. The number of hydrogen-bond donors (Lipinski definition) is 0. The molecule has 0 atom stereocenters. The zero-order chi connectivity index (χ0) is 9.97. The maximum Gasteiger partial charge on any atom is 0.183 e. The molecule has 1 heterocycles. The van der Waals surface area contributed by atoms with E-state index in [1.54, 1.807) is 0 Å². The summed E-state index contributed by atoms with van der Waals surface area (Å²) in [6.45, 7) is 1.87. The molecule has 0 aromatic rings. The van der Waals surface area contributed by atoms with E-state index in [-0.39, 0.29) is 12.6 Å². The molecule has 0 unspecified atom stereocenters. The van der Waals surface area contributed by atoms with Crippen molar-refractivity contribution in [2.24, 2.45) is 0 Å². The van der Waals surface area contributed by atoms with Crippen LogP contribution in [-0.2, 0) is 9.47 Å². The second kappa shape index (κ2) is 4.30. The fraction of sp³-hybridized carbons (Fsp3) is 0.455. The molecule has 0 spiro atoms. The van der Waals surface area contributed by atoms with Gasteiger partial charge in [-0.3, -0.25) is 0 Å². The largest absolute Gasteiger partial charge is 0.320 e. The molecule has 1 aliphatic heterocycles. The summed E-state index contributed by atoms with van der Waals surface area (Å²) in [7, 11) is 0. The number of hydrogen-bond acceptors (Lipinski definition) is 2. The molecular formula is C11H13ClO2. The van der Waals surface area contributed by atoms with Gasteiger partial charge in [-0.15, -0.1) is 0 Å². The van der Waals surface area contributed by atoms with Gasteiger partial charge in [-0.05, 0) is 25.0 Å². The van der Waals surface area contributed by atoms with Gasteiger partial charge in [-0.2, -0.15) is 0 Å². The lowest BCUT2D eigenvalue weighted by Crippen LogP contribution is -2.36. The Hall–Kier alpha value is -0.570. The summed E-state index contributed by atoms with van der Waals surface area (Å²) in [5, 5.41) is 0.913. The molecule has 1 aliphatic carbocycles. The molecular weight excluding hydrogens is 200 g/mol. The lowest BCUT2D eigenvalue weighted by atomic mass is 10.1. The summed E-state index contributed by atoms with van der Waals surface area (Å²) >= 11 is 6.05. The van der Waals surface area contributed by atoms with Crippen LogP contribution in [0.15, 0.2) is 34.9 Å². The van der Waals surface area contributed by atoms with Gasteiger partial charge >= 0.3 is 0 Å². The Morgan fingerprint density at radius 2 is 2.07 bits per heavy atom. The van der Waals surface area contributed by atoms with Crippen molar-refractivity contribution in [3.63, 3.8) is 0 Å². The van der Waals surface area contributed by atoms with E-state index in [0.717, 1.165) is 23.4 Å². The van der Waals surface area contributed by atoms with Gasteiger partial charge in [0.2, 0.25) is 0 Å². The topological polar surface area (TPSA) is 18.5 Å². The smallest absolute Gasteiger partial charge is 0.183 e. The Kier molecular flexibility index (Phi) is 3.06. The molecule has 2 aliphatic rings. The third-order valence-electron chi connectivity index (χ3n) is 2.26. The summed E-state index contributed by atoms with van der Waals surface area (Å²) in [6, 6.07) is 0. The predicted molar refractivity (Wildman–Crippen MR) is 55.8 cm³/mol. The maximum absolute atomic E-state index is 6.05. The van der Waals surface area contributed by atoms with Crippen LogP contribution in [0.1, 0.15) is 19.8 Å². The highest BCUT2D eigenvalue weighted by Crippen LogP contribution is 2.25. The van der Waals surface area contributed by atoms with Gasteiger partial charge in [-0.1, -0.05) is 29.8 Å². The molecule has 1 fully saturated rings. The quantitative estimate of drug-likeness (QED) is 0.655. The lowest BCUT2D eigenvalue weighted by molar-refractivity contribution is -0.354. The van der Waals surface area contributed by atoms with Gasteiger partial charge in [0.25, 0.3) is 0 Å². The number of allylic oxidation sites excluding steroid dienone is 5. The minimum Gasteiger partial charge on any atom is -0.320 e. The van der Waals surface area contributed by atoms with Gasteiger partial charge in [0.05, 0.1) is 0 Å². The van der Waals surface area contributed by atoms with E-state index in [0.29, 0.717) is 0 Å². The van der Waals surface area contributed by atoms with Crippen LogP contribution >= 0.6 is 11.6 Å². The summed E-state index contributed by atoms with van der Waals surface area (Å²) in [6.07, 6.45) is 9.57. The van der Waals surface area contributed by atoms with E-state index < -0.39 is 0 Å². The van der Waals surface area contributed by atoms with Crippen LogP contribution in [0.25, 0.3) is 0 Å². The first-order chi connectivity index (χ1) is 6.75. The first-order valence-electron chi connectivity index (χ1n) is 4.77. The second-order valence-corrected chi connectivity index (χ2v) is 3.83. The monoisotopic (exact) mass is 212 g/mol. The molecule has 14 heavy (non-hydrogen) atoms. The zero-order valence-electron chi connectivity index (χ0n) is 8.07. The van der Waals surface area contributed by atoms with Gasteiger partial charge in [-0.25, -0.2) is 0 Å². The Morgan fingerprint density at radius 1 is 1.36 bits per heavy atom. The summed E-state index contributed by atoms with van der Waals surface area (Å²) < 4.78 is 10.5. The number of ether oxygens (including phenoxy) is 2. The molecule has 1 saturated heterocycles. The molecule has 0 radical (unpaired) electrons. The maximum atomic E-state index is 6.05. The van der Waals surface area contributed by atoms with Crippen molar-refractivity contribution in [2.75, 3.05) is 0 Å². The molecule has 0 amide bonds. The highest BCUT2D eigenvalue weighted by molar-refractivity contribution is 6.30. The van der Waals surface area contributed by atoms with E-state index >= 15 is 0 Å². The van der Waals surface area contributed by atoms with Crippen molar-refractivity contribution in [1.82, 2.24) is 0 Å². The standard InChI is InChI=1S/C11H13ClO2/c1-8-13-11(14-8)7-6-9-4-2-3-5-10(9)12/h2-3,6-8,11H,4-5H2,1H3/b7-6+. The Labute approximate surface area is 88.8 Å². The molecule has 0 bridgehead atoms. The second-order valence-electron chi connectivity index (χ2n) is 3.38. The summed E-state index contributed by atoms with van der Waals surface area (Å²) in [5.41, 5.74) is 1.15. The number of halogens is 1. The average molecular weight is 213 g/mol. The van der Waals surface area contributed by atoms with Crippen LogP contribution in [-0.4, -0.2) is 12.6 Å². The van der Waals surface area contributed by atoms with Crippen molar-refractivity contribution in [2.45, 2.75) is 32.3 Å². The van der Waals surface area contributed by atoms with Crippen molar-refractivity contribution in [3.8, 4) is 0 Å². The fourth-order valence-corrected chi connectivity index (χ4v) is 1.70. The van der Waals surface area contributed by atoms with E-state index in [9.17, 15) is 0 Å². The van der Waals surface area contributed by atoms with Crippen LogP contribution in [0.2, 0.25) is 0 Å². The van der Waals surface area contributed by atoms with Crippen LogP contribution in [0.4, 0.5) is 0 Å². The molecule has 0 N–H and O–H groups in total. The molecule has 0 aromatic carbocycles. The van der Waals surface area contributed by atoms with E-state index in [2.05, 4.69) is 12.2 Å². The zero-order valence-corrected chi connectivity index (χ0v) is 8.83. The Morgan fingerprint density at radius 3 is 2.71 bits per heavy atom. The summed E-state index contributed by atoms with van der Waals surface area (Å²) in [5.74, 6) is 0. The van der Waals surface area contributed by atoms with Gasteiger partial charge in [0.15, 0.2) is 12.6 Å². The van der Waals surface area contributed by atoms with Crippen LogP contribution < -0.4 is 0 Å². The van der Waals surface area contributed by atoms with Crippen molar-refractivity contribution in [3.05, 3.63) is 34.9 Å². The molecule has 0 saturated carbocycles. The first kappa shape index (κ1) is 9.97. The highest BCUT2D eigenvalue weighted by Gasteiger charge is 2.23. The van der Waals surface area contributed by atoms with Crippen LogP contribution in [0.3, 0.4) is 0 Å². The Bertz CT molecular complexity index is 298. The van der Waals surface area contributed by atoms with Crippen molar-refractivity contribution < 1.29 is 9.47 Å². The highest BCUT2D eigenvalue weighted by atomic mass is 35.5. The predicted octanol–water partition coefficient (Wildman–Crippen LogP) is 3.10. The third-order valence-corrected chi connectivity index (χ3v) is 2.65. The molecule has 2 rings (SSSR count). The number of rotatable bonds is 2. The average Bonchev–Trinajstić information content (AvgIpc) is 2.13. The third kappa shape index (κ3) is 2.27. The fourth-order valence-electron chi connectivity index (χ4n) is 1.47. The van der Waals surface area contributed by atoms with Crippen molar-refractivity contribution >= 4 is 11.6 Å². The summed E-state index contributed by atoms with van der Waals surface area (Å²) in [4.78, 5) is 0. The van der Waals surface area contributed by atoms with Crippen LogP contribution in [0, 0.1) is 0 Å². The lowest BCUT2D eigenvalue weighted by Gasteiger charge is -2.31.